The second kappa shape index (κ2) is 6.93. The van der Waals surface area contributed by atoms with E-state index in [-0.39, 0.29) is 10.6 Å². The lowest BCUT2D eigenvalue weighted by molar-refractivity contribution is 0.392. The monoisotopic (exact) mass is 339 g/mol. The molecule has 1 N–H and O–H groups in total. The minimum absolute atomic E-state index is 0.0308. The highest BCUT2D eigenvalue weighted by Gasteiger charge is 2.20. The number of hydrogen-bond acceptors (Lipinski definition) is 5. The van der Waals surface area contributed by atoms with Crippen molar-refractivity contribution in [2.45, 2.75) is 9.79 Å². The Labute approximate surface area is 134 Å². The predicted molar refractivity (Wildman–Crippen MR) is 88.6 cm³/mol. The number of anilines is 1. The molecule has 0 fully saturated rings. The fraction of sp³-hybridized carbons (Fsp3) is 0.200. The van der Waals surface area contributed by atoms with Crippen LogP contribution in [0.3, 0.4) is 0 Å². The van der Waals surface area contributed by atoms with E-state index < -0.39 is 10.0 Å². The molecule has 22 heavy (non-hydrogen) atoms. The molecule has 5 nitrogen and oxygen atoms in total. The van der Waals surface area contributed by atoms with Gasteiger partial charge in [0.1, 0.15) is 16.4 Å². The summed E-state index contributed by atoms with van der Waals surface area (Å²) < 4.78 is 37.9. The minimum Gasteiger partial charge on any atom is -0.497 e. The lowest BCUT2D eigenvalue weighted by atomic mass is 10.3. The van der Waals surface area contributed by atoms with E-state index in [2.05, 4.69) is 4.72 Å². The summed E-state index contributed by atoms with van der Waals surface area (Å²) in [7, 11) is -0.866. The van der Waals surface area contributed by atoms with Crippen LogP contribution in [0.4, 0.5) is 5.69 Å². The van der Waals surface area contributed by atoms with Gasteiger partial charge in [0.15, 0.2) is 0 Å². The van der Waals surface area contributed by atoms with Gasteiger partial charge in [-0.3, -0.25) is 4.72 Å². The first kappa shape index (κ1) is 16.5. The Kier molecular flexibility index (Phi) is 5.20. The minimum atomic E-state index is -3.77. The van der Waals surface area contributed by atoms with Gasteiger partial charge in [-0.15, -0.1) is 11.8 Å². The largest absolute Gasteiger partial charge is 0.497 e. The summed E-state index contributed by atoms with van der Waals surface area (Å²) in [6.07, 6.45) is 1.96. The van der Waals surface area contributed by atoms with Crippen molar-refractivity contribution >= 4 is 27.5 Å². The van der Waals surface area contributed by atoms with E-state index in [1.54, 1.807) is 36.0 Å². The second-order valence-corrected chi connectivity index (χ2v) is 6.88. The van der Waals surface area contributed by atoms with Crippen molar-refractivity contribution in [3.63, 3.8) is 0 Å². The first-order valence-electron chi connectivity index (χ1n) is 6.39. The fourth-order valence-corrected chi connectivity index (χ4v) is 3.52. The molecule has 0 aromatic heterocycles. The Morgan fingerprint density at radius 2 is 1.68 bits per heavy atom. The van der Waals surface area contributed by atoms with E-state index >= 15 is 0 Å². The van der Waals surface area contributed by atoms with Gasteiger partial charge in [-0.05, 0) is 42.7 Å². The molecular formula is C15H17NO4S2. The third-order valence-electron chi connectivity index (χ3n) is 3.00. The van der Waals surface area contributed by atoms with Crippen molar-refractivity contribution in [1.29, 1.82) is 0 Å². The van der Waals surface area contributed by atoms with Crippen molar-refractivity contribution in [3.05, 3.63) is 42.5 Å². The van der Waals surface area contributed by atoms with E-state index in [9.17, 15) is 8.42 Å². The summed E-state index contributed by atoms with van der Waals surface area (Å²) in [5, 5.41) is 0. The van der Waals surface area contributed by atoms with Gasteiger partial charge in [-0.1, -0.05) is 0 Å². The molecule has 118 valence electrons. The summed E-state index contributed by atoms with van der Waals surface area (Å²) in [5.74, 6) is 0.702. The van der Waals surface area contributed by atoms with Crippen LogP contribution in [0.5, 0.6) is 11.5 Å². The molecule has 0 radical (unpaired) electrons. The van der Waals surface area contributed by atoms with Crippen LogP contribution >= 0.6 is 11.8 Å². The number of thioether (sulfide) groups is 1. The maximum Gasteiger partial charge on any atom is 0.265 e. The summed E-state index contributed by atoms with van der Waals surface area (Å²) in [6, 6.07) is 11.8. The van der Waals surface area contributed by atoms with Crippen molar-refractivity contribution in [1.82, 2.24) is 0 Å². The summed E-state index contributed by atoms with van der Waals surface area (Å²) >= 11 is 1.59. The zero-order chi connectivity index (χ0) is 16.2. The molecule has 0 aliphatic heterocycles. The van der Waals surface area contributed by atoms with E-state index in [4.69, 9.17) is 9.47 Å². The number of benzene rings is 2. The molecule has 0 saturated carbocycles. The van der Waals surface area contributed by atoms with E-state index in [0.29, 0.717) is 11.4 Å². The van der Waals surface area contributed by atoms with Crippen LogP contribution in [0.15, 0.2) is 52.3 Å². The van der Waals surface area contributed by atoms with Crippen LogP contribution < -0.4 is 14.2 Å². The normalized spacial score (nSPS) is 11.0. The number of hydrogen-bond donors (Lipinski definition) is 1. The quantitative estimate of drug-likeness (QED) is 0.819. The molecule has 0 unspecified atom stereocenters. The predicted octanol–water partition coefficient (Wildman–Crippen LogP) is 3.23. The van der Waals surface area contributed by atoms with Crippen LogP contribution in [0.1, 0.15) is 0 Å². The Morgan fingerprint density at radius 3 is 2.23 bits per heavy atom. The van der Waals surface area contributed by atoms with Crippen molar-refractivity contribution in [2.75, 3.05) is 25.2 Å². The van der Waals surface area contributed by atoms with Gasteiger partial charge < -0.3 is 9.47 Å². The maximum atomic E-state index is 12.6. The van der Waals surface area contributed by atoms with Crippen LogP contribution in [0.2, 0.25) is 0 Å². The molecule has 0 saturated heterocycles. The maximum absolute atomic E-state index is 12.6. The molecule has 0 spiro atoms. The SMILES string of the molecule is COc1ccc(OC)c(S(=O)(=O)Nc2ccc(SC)cc2)c1. The lowest BCUT2D eigenvalue weighted by Gasteiger charge is -2.13. The number of sulfonamides is 1. The van der Waals surface area contributed by atoms with E-state index in [1.807, 2.05) is 18.4 Å². The van der Waals surface area contributed by atoms with Crippen LogP contribution in [-0.2, 0) is 10.0 Å². The van der Waals surface area contributed by atoms with Gasteiger partial charge >= 0.3 is 0 Å². The molecule has 0 bridgehead atoms. The first-order valence-corrected chi connectivity index (χ1v) is 9.10. The third kappa shape index (κ3) is 3.66. The zero-order valence-corrected chi connectivity index (χ0v) is 14.1. The summed E-state index contributed by atoms with van der Waals surface area (Å²) in [4.78, 5) is 1.09. The van der Waals surface area contributed by atoms with Gasteiger partial charge in [0.25, 0.3) is 10.0 Å². The smallest absolute Gasteiger partial charge is 0.265 e. The Balaban J connectivity index is 2.36. The van der Waals surface area contributed by atoms with Crippen molar-refractivity contribution in [3.8, 4) is 11.5 Å². The van der Waals surface area contributed by atoms with Crippen LogP contribution in [0, 0.1) is 0 Å². The molecule has 2 rings (SSSR count). The molecule has 0 heterocycles. The fourth-order valence-electron chi connectivity index (χ4n) is 1.86. The van der Waals surface area contributed by atoms with E-state index in [1.165, 1.54) is 20.3 Å². The molecule has 2 aromatic carbocycles. The van der Waals surface area contributed by atoms with Crippen LogP contribution in [-0.4, -0.2) is 28.9 Å². The molecule has 2 aromatic rings. The van der Waals surface area contributed by atoms with Crippen molar-refractivity contribution in [2.24, 2.45) is 0 Å². The average molecular weight is 339 g/mol. The lowest BCUT2D eigenvalue weighted by Crippen LogP contribution is -2.14. The van der Waals surface area contributed by atoms with Crippen LogP contribution in [0.25, 0.3) is 0 Å². The third-order valence-corrected chi connectivity index (χ3v) is 5.15. The Bertz CT molecular complexity index is 743. The second-order valence-electron chi connectivity index (χ2n) is 4.35. The standard InChI is InChI=1S/C15H17NO4S2/c1-19-12-6-9-14(20-2)15(10-12)22(17,18)16-11-4-7-13(21-3)8-5-11/h4-10,16H,1-3H3. The highest BCUT2D eigenvalue weighted by Crippen LogP contribution is 2.30. The number of ether oxygens (including phenoxy) is 2. The first-order chi connectivity index (χ1) is 10.5. The van der Waals surface area contributed by atoms with Gasteiger partial charge in [0.05, 0.1) is 14.2 Å². The van der Waals surface area contributed by atoms with E-state index in [0.717, 1.165) is 4.90 Å². The van der Waals surface area contributed by atoms with Crippen molar-refractivity contribution < 1.29 is 17.9 Å². The number of nitrogens with one attached hydrogen (secondary N) is 1. The zero-order valence-electron chi connectivity index (χ0n) is 12.5. The average Bonchev–Trinajstić information content (AvgIpc) is 2.54. The number of methoxy groups -OCH3 is 2. The molecule has 0 aliphatic rings. The molecule has 0 amide bonds. The van der Waals surface area contributed by atoms with Gasteiger partial charge in [0, 0.05) is 16.6 Å². The summed E-state index contributed by atoms with van der Waals surface area (Å²) in [5.41, 5.74) is 0.489. The molecule has 0 atom stereocenters. The summed E-state index contributed by atoms with van der Waals surface area (Å²) in [6.45, 7) is 0. The topological polar surface area (TPSA) is 64.6 Å². The van der Waals surface area contributed by atoms with Gasteiger partial charge in [-0.2, -0.15) is 0 Å². The van der Waals surface area contributed by atoms with Gasteiger partial charge in [0.2, 0.25) is 0 Å². The number of rotatable bonds is 6. The Hall–Kier alpha value is -1.86. The molecule has 0 aliphatic carbocycles. The highest BCUT2D eigenvalue weighted by molar-refractivity contribution is 7.98. The van der Waals surface area contributed by atoms with Gasteiger partial charge in [-0.25, -0.2) is 8.42 Å². The molecular weight excluding hydrogens is 322 g/mol. The highest BCUT2D eigenvalue weighted by atomic mass is 32.2. The molecule has 7 heteroatoms. The Morgan fingerprint density at radius 1 is 1.00 bits per heavy atom.